The number of nitro groups is 1. The van der Waals surface area contributed by atoms with E-state index in [0.717, 1.165) is 12.1 Å². The molecule has 1 aromatic rings. The van der Waals surface area contributed by atoms with Crippen molar-refractivity contribution in [3.05, 3.63) is 33.6 Å². The van der Waals surface area contributed by atoms with E-state index in [0.29, 0.717) is 0 Å². The molecule has 0 heterocycles. The summed E-state index contributed by atoms with van der Waals surface area (Å²) in [5, 5.41) is 10.7. The highest BCUT2D eigenvalue weighted by molar-refractivity contribution is 6.01. The minimum atomic E-state index is -0.891. The van der Waals surface area contributed by atoms with Crippen LogP contribution in [0.25, 0.3) is 0 Å². The number of rotatable bonds is 5. The van der Waals surface area contributed by atoms with Crippen LogP contribution in [-0.2, 0) is 4.74 Å². The third-order valence-corrected chi connectivity index (χ3v) is 2.56. The smallest absolute Gasteiger partial charge is 0.293 e. The number of benzene rings is 1. The first-order chi connectivity index (χ1) is 8.90. The van der Waals surface area contributed by atoms with Crippen LogP contribution in [0.15, 0.2) is 12.1 Å². The Morgan fingerprint density at radius 3 is 2.74 bits per heavy atom. The van der Waals surface area contributed by atoms with Gasteiger partial charge in [0.2, 0.25) is 0 Å². The molecule has 0 aromatic heterocycles. The van der Waals surface area contributed by atoms with Crippen molar-refractivity contribution in [2.24, 2.45) is 0 Å². The maximum Gasteiger partial charge on any atom is 0.293 e. The average Bonchev–Trinajstić information content (AvgIpc) is 2.35. The van der Waals surface area contributed by atoms with E-state index in [1.807, 2.05) is 0 Å². The highest BCUT2D eigenvalue weighted by Crippen LogP contribution is 2.28. The van der Waals surface area contributed by atoms with Crippen molar-refractivity contribution in [3.8, 4) is 0 Å². The van der Waals surface area contributed by atoms with Crippen molar-refractivity contribution in [2.45, 2.75) is 0 Å². The number of nitrogens with two attached hydrogens (primary N) is 1. The van der Waals surface area contributed by atoms with Crippen LogP contribution in [0.4, 0.5) is 15.8 Å². The monoisotopic (exact) mass is 271 g/mol. The predicted octanol–water partition coefficient (Wildman–Crippen LogP) is 1.03. The largest absolute Gasteiger partial charge is 0.392 e. The number of carbonyl (C=O) groups excluding carboxylic acids is 1. The highest BCUT2D eigenvalue weighted by atomic mass is 19.1. The number of halogens is 1. The summed E-state index contributed by atoms with van der Waals surface area (Å²) in [7, 11) is 2.89. The molecule has 8 heteroatoms. The molecule has 0 fully saturated rings. The first kappa shape index (κ1) is 14.8. The van der Waals surface area contributed by atoms with Gasteiger partial charge in [0.25, 0.3) is 11.6 Å². The quantitative estimate of drug-likeness (QED) is 0.490. The molecule has 0 saturated heterocycles. The second-order valence-electron chi connectivity index (χ2n) is 3.83. The predicted molar refractivity (Wildman–Crippen MR) is 66.3 cm³/mol. The highest BCUT2D eigenvalue weighted by Gasteiger charge is 2.25. The Balaban J connectivity index is 3.15. The van der Waals surface area contributed by atoms with Crippen molar-refractivity contribution < 1.29 is 18.8 Å². The SMILES string of the molecule is COCCN(C)C(=O)c1c(F)ccc([N+](=O)[O-])c1N. The maximum absolute atomic E-state index is 13.6. The van der Waals surface area contributed by atoms with Crippen molar-refractivity contribution in [1.29, 1.82) is 0 Å². The Morgan fingerprint density at radius 1 is 1.58 bits per heavy atom. The summed E-state index contributed by atoms with van der Waals surface area (Å²) in [6.07, 6.45) is 0. The van der Waals surface area contributed by atoms with E-state index in [1.54, 1.807) is 0 Å². The molecule has 0 unspecified atom stereocenters. The molecule has 2 N–H and O–H groups in total. The minimum absolute atomic E-state index is 0.219. The number of likely N-dealkylation sites (N-methyl/N-ethyl adjacent to an activating group) is 1. The summed E-state index contributed by atoms with van der Waals surface area (Å²) in [4.78, 5) is 23.1. The van der Waals surface area contributed by atoms with Crippen LogP contribution in [0.3, 0.4) is 0 Å². The van der Waals surface area contributed by atoms with Gasteiger partial charge in [-0.05, 0) is 6.07 Å². The zero-order chi connectivity index (χ0) is 14.6. The van der Waals surface area contributed by atoms with E-state index in [4.69, 9.17) is 10.5 Å². The number of nitrogens with zero attached hydrogens (tertiary/aromatic N) is 2. The van der Waals surface area contributed by atoms with E-state index in [9.17, 15) is 19.3 Å². The molecule has 0 bridgehead atoms. The van der Waals surface area contributed by atoms with Crippen LogP contribution in [0.2, 0.25) is 0 Å². The van der Waals surface area contributed by atoms with E-state index in [-0.39, 0.29) is 13.2 Å². The van der Waals surface area contributed by atoms with Gasteiger partial charge >= 0.3 is 0 Å². The Bertz CT molecular complexity index is 507. The average molecular weight is 271 g/mol. The lowest BCUT2D eigenvalue weighted by molar-refractivity contribution is -0.384. The summed E-state index contributed by atoms with van der Waals surface area (Å²) >= 11 is 0. The van der Waals surface area contributed by atoms with Crippen LogP contribution in [0.1, 0.15) is 10.4 Å². The molecule has 1 aromatic carbocycles. The van der Waals surface area contributed by atoms with E-state index in [1.165, 1.54) is 19.1 Å². The number of methoxy groups -OCH3 is 1. The Labute approximate surface area is 108 Å². The van der Waals surface area contributed by atoms with Gasteiger partial charge in [-0.2, -0.15) is 0 Å². The van der Waals surface area contributed by atoms with Crippen molar-refractivity contribution in [3.63, 3.8) is 0 Å². The summed E-state index contributed by atoms with van der Waals surface area (Å²) in [5.41, 5.74) is 4.03. The molecule has 104 valence electrons. The molecule has 0 saturated carbocycles. The molecule has 1 rings (SSSR count). The van der Waals surface area contributed by atoms with Crippen LogP contribution >= 0.6 is 0 Å². The lowest BCUT2D eigenvalue weighted by Gasteiger charge is -2.17. The van der Waals surface area contributed by atoms with Gasteiger partial charge in [-0.3, -0.25) is 14.9 Å². The van der Waals surface area contributed by atoms with E-state index >= 15 is 0 Å². The molecular weight excluding hydrogens is 257 g/mol. The Kier molecular flexibility index (Phi) is 4.76. The van der Waals surface area contributed by atoms with Gasteiger partial charge in [-0.25, -0.2) is 4.39 Å². The van der Waals surface area contributed by atoms with Gasteiger partial charge in [0.15, 0.2) is 0 Å². The van der Waals surface area contributed by atoms with E-state index < -0.39 is 33.6 Å². The standard InChI is InChI=1S/C11H14FN3O4/c1-14(5-6-19-2)11(16)9-7(12)3-4-8(10(9)13)15(17)18/h3-4H,5-6,13H2,1-2H3. The van der Waals surface area contributed by atoms with Crippen molar-refractivity contribution >= 4 is 17.3 Å². The van der Waals surface area contributed by atoms with Crippen LogP contribution < -0.4 is 5.73 Å². The summed E-state index contributed by atoms with van der Waals surface area (Å²) < 4.78 is 18.4. The van der Waals surface area contributed by atoms with Crippen LogP contribution in [0.5, 0.6) is 0 Å². The Hall–Kier alpha value is -2.22. The lowest BCUT2D eigenvalue weighted by atomic mass is 10.1. The minimum Gasteiger partial charge on any atom is -0.392 e. The maximum atomic E-state index is 13.6. The van der Waals surface area contributed by atoms with Gasteiger partial charge in [0.1, 0.15) is 17.1 Å². The third kappa shape index (κ3) is 3.16. The third-order valence-electron chi connectivity index (χ3n) is 2.56. The van der Waals surface area contributed by atoms with Gasteiger partial charge in [-0.15, -0.1) is 0 Å². The van der Waals surface area contributed by atoms with E-state index in [2.05, 4.69) is 0 Å². The first-order valence-electron chi connectivity index (χ1n) is 5.37. The lowest BCUT2D eigenvalue weighted by Crippen LogP contribution is -2.31. The molecule has 7 nitrogen and oxygen atoms in total. The fourth-order valence-electron chi connectivity index (χ4n) is 1.48. The summed E-state index contributed by atoms with van der Waals surface area (Å²) in [5.74, 6) is -1.62. The number of hydrogen-bond acceptors (Lipinski definition) is 5. The summed E-state index contributed by atoms with van der Waals surface area (Å²) in [6, 6.07) is 1.78. The van der Waals surface area contributed by atoms with Crippen molar-refractivity contribution in [1.82, 2.24) is 4.90 Å². The number of nitro benzene ring substituents is 1. The number of nitrogen functional groups attached to an aromatic ring is 1. The zero-order valence-corrected chi connectivity index (χ0v) is 10.6. The molecule has 0 aliphatic heterocycles. The van der Waals surface area contributed by atoms with Crippen molar-refractivity contribution in [2.75, 3.05) is 33.0 Å². The fourth-order valence-corrected chi connectivity index (χ4v) is 1.48. The Morgan fingerprint density at radius 2 is 2.21 bits per heavy atom. The van der Waals surface area contributed by atoms with Gasteiger partial charge in [0.05, 0.1) is 11.5 Å². The number of carbonyl (C=O) groups is 1. The van der Waals surface area contributed by atoms with Crippen LogP contribution in [-0.4, -0.2) is 43.0 Å². The molecule has 19 heavy (non-hydrogen) atoms. The molecule has 0 aliphatic carbocycles. The second-order valence-corrected chi connectivity index (χ2v) is 3.83. The molecule has 0 aliphatic rings. The van der Waals surface area contributed by atoms with Gasteiger partial charge in [0, 0.05) is 26.8 Å². The number of ether oxygens (including phenoxy) is 1. The normalized spacial score (nSPS) is 10.3. The van der Waals surface area contributed by atoms with Crippen LogP contribution in [0, 0.1) is 15.9 Å². The molecule has 1 amide bonds. The topological polar surface area (TPSA) is 98.7 Å². The number of hydrogen-bond donors (Lipinski definition) is 1. The fraction of sp³-hybridized carbons (Fsp3) is 0.364. The number of amides is 1. The second kappa shape index (κ2) is 6.10. The molecular formula is C11H14FN3O4. The summed E-state index contributed by atoms with van der Waals surface area (Å²) in [6.45, 7) is 0.482. The molecule has 0 radical (unpaired) electrons. The molecule has 0 atom stereocenters. The van der Waals surface area contributed by atoms with Gasteiger partial charge in [-0.1, -0.05) is 0 Å². The zero-order valence-electron chi connectivity index (χ0n) is 10.6. The number of anilines is 1. The first-order valence-corrected chi connectivity index (χ1v) is 5.37. The molecule has 0 spiro atoms. The van der Waals surface area contributed by atoms with Gasteiger partial charge < -0.3 is 15.4 Å².